The van der Waals surface area contributed by atoms with Crippen LogP contribution < -0.4 is 0 Å². The molecule has 0 aromatic heterocycles. The van der Waals surface area contributed by atoms with Crippen LogP contribution in [0.15, 0.2) is 0 Å². The first kappa shape index (κ1) is 17.1. The second-order valence-corrected chi connectivity index (χ2v) is 4.90. The van der Waals surface area contributed by atoms with Crippen LogP contribution in [0, 0.1) is 0 Å². The molecule has 0 spiro atoms. The molecule has 106 valence electrons. The summed E-state index contributed by atoms with van der Waals surface area (Å²) in [4.78, 5) is 21.8. The summed E-state index contributed by atoms with van der Waals surface area (Å²) in [5.74, 6) is -0.344. The van der Waals surface area contributed by atoms with E-state index in [0.717, 1.165) is 12.8 Å². The predicted molar refractivity (Wildman–Crippen MR) is 73.5 cm³/mol. The fraction of sp³-hybridized carbons (Fsp3) is 0.867. The van der Waals surface area contributed by atoms with E-state index in [0.29, 0.717) is 6.42 Å². The molecule has 0 heterocycles. The van der Waals surface area contributed by atoms with Gasteiger partial charge in [-0.2, -0.15) is 0 Å². The molecule has 0 fully saturated rings. The number of rotatable bonds is 12. The molecule has 0 atom stereocenters. The third kappa shape index (κ3) is 13.2. The van der Waals surface area contributed by atoms with Gasteiger partial charge in [-0.1, -0.05) is 58.3 Å². The van der Waals surface area contributed by atoms with Crippen LogP contribution in [0.25, 0.3) is 0 Å². The molecule has 0 saturated carbocycles. The van der Waals surface area contributed by atoms with Gasteiger partial charge in [0.05, 0.1) is 0 Å². The molecule has 0 radical (unpaired) electrons. The van der Waals surface area contributed by atoms with Gasteiger partial charge in [0.15, 0.2) is 5.78 Å². The minimum Gasteiger partial charge on any atom is -0.458 e. The Morgan fingerprint density at radius 1 is 0.833 bits per heavy atom. The second-order valence-electron chi connectivity index (χ2n) is 4.90. The third-order valence-electron chi connectivity index (χ3n) is 3.00. The van der Waals surface area contributed by atoms with E-state index in [1.54, 1.807) is 0 Å². The van der Waals surface area contributed by atoms with Gasteiger partial charge < -0.3 is 4.74 Å². The van der Waals surface area contributed by atoms with Crippen molar-refractivity contribution in [1.82, 2.24) is 0 Å². The van der Waals surface area contributed by atoms with Crippen LogP contribution in [0.3, 0.4) is 0 Å². The van der Waals surface area contributed by atoms with Gasteiger partial charge in [-0.05, 0) is 6.42 Å². The molecule has 3 nitrogen and oxygen atoms in total. The minimum absolute atomic E-state index is 0.0353. The highest BCUT2D eigenvalue weighted by molar-refractivity contribution is 5.81. The standard InChI is InChI=1S/C15H28O3/c1-3-4-5-6-7-8-9-10-11-12-15(17)13-18-14(2)16/h3-13H2,1-2H3. The lowest BCUT2D eigenvalue weighted by molar-refractivity contribution is -0.145. The van der Waals surface area contributed by atoms with Gasteiger partial charge in [0, 0.05) is 13.3 Å². The van der Waals surface area contributed by atoms with Crippen LogP contribution in [-0.4, -0.2) is 18.4 Å². The van der Waals surface area contributed by atoms with Gasteiger partial charge >= 0.3 is 5.97 Å². The van der Waals surface area contributed by atoms with Crippen molar-refractivity contribution in [2.75, 3.05) is 6.61 Å². The van der Waals surface area contributed by atoms with E-state index in [4.69, 9.17) is 0 Å². The van der Waals surface area contributed by atoms with Gasteiger partial charge in [-0.15, -0.1) is 0 Å². The van der Waals surface area contributed by atoms with Gasteiger partial charge in [0.2, 0.25) is 0 Å². The number of carbonyl (C=O) groups is 2. The zero-order valence-corrected chi connectivity index (χ0v) is 12.0. The summed E-state index contributed by atoms with van der Waals surface area (Å²) in [5.41, 5.74) is 0. The number of hydrogen-bond donors (Lipinski definition) is 0. The van der Waals surface area contributed by atoms with Gasteiger partial charge in [-0.25, -0.2) is 0 Å². The van der Waals surface area contributed by atoms with Crippen molar-refractivity contribution < 1.29 is 14.3 Å². The van der Waals surface area contributed by atoms with E-state index in [9.17, 15) is 9.59 Å². The van der Waals surface area contributed by atoms with E-state index in [-0.39, 0.29) is 18.4 Å². The summed E-state index contributed by atoms with van der Waals surface area (Å²) in [5, 5.41) is 0. The molecule has 0 unspecified atom stereocenters. The number of carbonyl (C=O) groups excluding carboxylic acids is 2. The minimum atomic E-state index is -0.379. The first-order valence-corrected chi connectivity index (χ1v) is 7.32. The summed E-state index contributed by atoms with van der Waals surface area (Å²) in [7, 11) is 0. The van der Waals surface area contributed by atoms with Crippen LogP contribution in [0.5, 0.6) is 0 Å². The van der Waals surface area contributed by atoms with Crippen molar-refractivity contribution in [1.29, 1.82) is 0 Å². The van der Waals surface area contributed by atoms with E-state index >= 15 is 0 Å². The van der Waals surface area contributed by atoms with Crippen molar-refractivity contribution in [3.8, 4) is 0 Å². The topological polar surface area (TPSA) is 43.4 Å². The normalized spacial score (nSPS) is 10.3. The molecule has 0 aromatic rings. The first-order valence-electron chi connectivity index (χ1n) is 7.32. The Kier molecular flexibility index (Phi) is 12.0. The van der Waals surface area contributed by atoms with Crippen molar-refractivity contribution >= 4 is 11.8 Å². The molecule has 0 amide bonds. The number of hydrogen-bond acceptors (Lipinski definition) is 3. The quantitative estimate of drug-likeness (QED) is 0.391. The van der Waals surface area contributed by atoms with Crippen molar-refractivity contribution in [3.05, 3.63) is 0 Å². The fourth-order valence-corrected chi connectivity index (χ4v) is 1.89. The van der Waals surface area contributed by atoms with Crippen LogP contribution in [0.1, 0.15) is 78.1 Å². The number of esters is 1. The Labute approximate surface area is 111 Å². The lowest BCUT2D eigenvalue weighted by Crippen LogP contribution is -2.11. The highest BCUT2D eigenvalue weighted by Gasteiger charge is 2.03. The monoisotopic (exact) mass is 256 g/mol. The molecule has 0 aliphatic rings. The number of ether oxygens (including phenoxy) is 1. The molecule has 3 heteroatoms. The molecule has 0 N–H and O–H groups in total. The van der Waals surface area contributed by atoms with Gasteiger partial charge in [0.1, 0.15) is 6.61 Å². The van der Waals surface area contributed by atoms with Crippen molar-refractivity contribution in [3.63, 3.8) is 0 Å². The summed E-state index contributed by atoms with van der Waals surface area (Å²) < 4.78 is 4.65. The molecule has 0 aliphatic heterocycles. The summed E-state index contributed by atoms with van der Waals surface area (Å²) in [6.07, 6.45) is 11.7. The number of ketones is 1. The number of Topliss-reactive ketones (excluding diaryl/α,β-unsaturated/α-hetero) is 1. The summed E-state index contributed by atoms with van der Waals surface area (Å²) >= 11 is 0. The Bertz CT molecular complexity index is 224. The smallest absolute Gasteiger partial charge is 0.303 e. The van der Waals surface area contributed by atoms with Crippen molar-refractivity contribution in [2.24, 2.45) is 0 Å². The molecule has 0 aromatic carbocycles. The van der Waals surface area contributed by atoms with E-state index in [2.05, 4.69) is 11.7 Å². The Hall–Kier alpha value is -0.860. The first-order chi connectivity index (χ1) is 8.66. The van der Waals surface area contributed by atoms with Gasteiger partial charge in [-0.3, -0.25) is 9.59 Å². The highest BCUT2D eigenvalue weighted by atomic mass is 16.5. The number of unbranched alkanes of at least 4 members (excludes halogenated alkanes) is 8. The van der Waals surface area contributed by atoms with Crippen LogP contribution in [0.4, 0.5) is 0 Å². The molecule has 18 heavy (non-hydrogen) atoms. The average molecular weight is 256 g/mol. The highest BCUT2D eigenvalue weighted by Crippen LogP contribution is 2.10. The average Bonchev–Trinajstić information content (AvgIpc) is 2.34. The fourth-order valence-electron chi connectivity index (χ4n) is 1.89. The van der Waals surface area contributed by atoms with Crippen molar-refractivity contribution in [2.45, 2.75) is 78.1 Å². The molecule has 0 aliphatic carbocycles. The third-order valence-corrected chi connectivity index (χ3v) is 3.00. The molecule has 0 rings (SSSR count). The molecular formula is C15H28O3. The zero-order valence-electron chi connectivity index (χ0n) is 12.0. The van der Waals surface area contributed by atoms with E-state index in [1.807, 2.05) is 0 Å². The Morgan fingerprint density at radius 2 is 1.33 bits per heavy atom. The maximum Gasteiger partial charge on any atom is 0.303 e. The van der Waals surface area contributed by atoms with Gasteiger partial charge in [0.25, 0.3) is 0 Å². The molecule has 0 bridgehead atoms. The summed E-state index contributed by atoms with van der Waals surface area (Å²) in [6.45, 7) is 3.50. The largest absolute Gasteiger partial charge is 0.458 e. The van der Waals surface area contributed by atoms with E-state index < -0.39 is 0 Å². The van der Waals surface area contributed by atoms with Crippen LogP contribution in [0.2, 0.25) is 0 Å². The Morgan fingerprint density at radius 3 is 1.83 bits per heavy atom. The van der Waals surface area contributed by atoms with Crippen LogP contribution in [-0.2, 0) is 14.3 Å². The molecular weight excluding hydrogens is 228 g/mol. The summed E-state index contributed by atoms with van der Waals surface area (Å²) in [6, 6.07) is 0. The maximum absolute atomic E-state index is 11.3. The maximum atomic E-state index is 11.3. The Balaban J connectivity index is 3.15. The SMILES string of the molecule is CCCCCCCCCCCC(=O)COC(C)=O. The zero-order chi connectivity index (χ0) is 13.6. The molecule has 0 saturated heterocycles. The second kappa shape index (κ2) is 12.6. The lowest BCUT2D eigenvalue weighted by atomic mass is 10.1. The predicted octanol–water partition coefficient (Wildman–Crippen LogP) is 4.04. The van der Waals surface area contributed by atoms with E-state index in [1.165, 1.54) is 51.9 Å². The van der Waals surface area contributed by atoms with Crippen LogP contribution >= 0.6 is 0 Å². The lowest BCUT2D eigenvalue weighted by Gasteiger charge is -2.02.